The van der Waals surface area contributed by atoms with E-state index in [-0.39, 0.29) is 11.7 Å². The zero-order valence-corrected chi connectivity index (χ0v) is 10.3. The maximum Gasteiger partial charge on any atom is 0.337 e. The third-order valence-corrected chi connectivity index (χ3v) is 3.00. The van der Waals surface area contributed by atoms with Gasteiger partial charge in [0.25, 0.3) is 0 Å². The van der Waals surface area contributed by atoms with Crippen LogP contribution in [0.1, 0.15) is 16.8 Å². The summed E-state index contributed by atoms with van der Waals surface area (Å²) in [7, 11) is 0. The largest absolute Gasteiger partial charge is 0.478 e. The second-order valence-corrected chi connectivity index (χ2v) is 4.50. The van der Waals surface area contributed by atoms with Crippen LogP contribution in [0.4, 0.5) is 14.5 Å². The standard InChI is InChI=1S/C13H12F2N2O3/c14-9-4-8(13(19)20)11(5-10(9)15)17-12(18)6-1-2-7(16)3-6/h1-2,4-7H,3,16H2,(H,17,18)(H,19,20). The molecule has 1 aromatic rings. The van der Waals surface area contributed by atoms with Gasteiger partial charge in [-0.3, -0.25) is 4.79 Å². The molecule has 20 heavy (non-hydrogen) atoms. The molecule has 0 aromatic heterocycles. The first kappa shape index (κ1) is 14.1. The van der Waals surface area contributed by atoms with E-state index >= 15 is 0 Å². The van der Waals surface area contributed by atoms with E-state index in [1.807, 2.05) is 0 Å². The van der Waals surface area contributed by atoms with Crippen molar-refractivity contribution in [1.82, 2.24) is 0 Å². The number of aromatic carboxylic acids is 1. The molecule has 0 aliphatic heterocycles. The molecule has 1 aromatic carbocycles. The van der Waals surface area contributed by atoms with Gasteiger partial charge in [-0.25, -0.2) is 13.6 Å². The highest BCUT2D eigenvalue weighted by molar-refractivity contribution is 6.01. The van der Waals surface area contributed by atoms with E-state index in [1.54, 1.807) is 12.2 Å². The molecule has 0 heterocycles. The third-order valence-electron chi connectivity index (χ3n) is 3.00. The summed E-state index contributed by atoms with van der Waals surface area (Å²) in [6.07, 6.45) is 3.64. The molecule has 0 saturated heterocycles. The summed E-state index contributed by atoms with van der Waals surface area (Å²) in [4.78, 5) is 22.9. The molecule has 0 radical (unpaired) electrons. The smallest absolute Gasteiger partial charge is 0.337 e. The number of carbonyl (C=O) groups is 2. The van der Waals surface area contributed by atoms with Crippen LogP contribution in [0.5, 0.6) is 0 Å². The van der Waals surface area contributed by atoms with Crippen LogP contribution in [-0.2, 0) is 4.79 Å². The Morgan fingerprint density at radius 1 is 1.25 bits per heavy atom. The summed E-state index contributed by atoms with van der Waals surface area (Å²) < 4.78 is 26.2. The van der Waals surface area contributed by atoms with E-state index in [0.29, 0.717) is 18.6 Å². The highest BCUT2D eigenvalue weighted by atomic mass is 19.2. The van der Waals surface area contributed by atoms with Crippen LogP contribution >= 0.6 is 0 Å². The molecule has 0 saturated carbocycles. The Morgan fingerprint density at radius 2 is 1.90 bits per heavy atom. The second kappa shape index (κ2) is 5.38. The predicted molar refractivity (Wildman–Crippen MR) is 67.2 cm³/mol. The fraction of sp³-hybridized carbons (Fsp3) is 0.231. The Kier molecular flexibility index (Phi) is 3.80. The molecule has 4 N–H and O–H groups in total. The van der Waals surface area contributed by atoms with E-state index < -0.39 is 35.0 Å². The highest BCUT2D eigenvalue weighted by Gasteiger charge is 2.24. The van der Waals surface area contributed by atoms with Gasteiger partial charge in [0, 0.05) is 12.1 Å². The van der Waals surface area contributed by atoms with Crippen molar-refractivity contribution >= 4 is 17.6 Å². The average Bonchev–Trinajstić information content (AvgIpc) is 2.80. The molecule has 2 rings (SSSR count). The van der Waals surface area contributed by atoms with Gasteiger partial charge >= 0.3 is 5.97 Å². The van der Waals surface area contributed by atoms with E-state index in [0.717, 1.165) is 0 Å². The number of carboxylic acids is 1. The Morgan fingerprint density at radius 3 is 2.45 bits per heavy atom. The summed E-state index contributed by atoms with van der Waals surface area (Å²) in [6, 6.07) is 0.938. The number of anilines is 1. The average molecular weight is 282 g/mol. The minimum absolute atomic E-state index is 0.241. The number of amides is 1. The first-order valence-corrected chi connectivity index (χ1v) is 5.85. The van der Waals surface area contributed by atoms with Crippen molar-refractivity contribution in [2.24, 2.45) is 11.7 Å². The fourth-order valence-corrected chi connectivity index (χ4v) is 1.97. The number of halogens is 2. The Hall–Kier alpha value is -2.28. The summed E-state index contributed by atoms with van der Waals surface area (Å²) >= 11 is 0. The second-order valence-electron chi connectivity index (χ2n) is 4.50. The number of nitrogens with one attached hydrogen (secondary N) is 1. The SMILES string of the molecule is NC1C=CC(C(=O)Nc2cc(F)c(F)cc2C(=O)O)C1. The molecule has 1 aliphatic rings. The molecule has 2 unspecified atom stereocenters. The van der Waals surface area contributed by atoms with E-state index in [9.17, 15) is 18.4 Å². The van der Waals surface area contributed by atoms with E-state index in [1.165, 1.54) is 0 Å². The van der Waals surface area contributed by atoms with Crippen LogP contribution in [0, 0.1) is 17.6 Å². The quantitative estimate of drug-likeness (QED) is 0.733. The lowest BCUT2D eigenvalue weighted by atomic mass is 10.1. The van der Waals surface area contributed by atoms with Gasteiger partial charge in [-0.15, -0.1) is 0 Å². The first-order chi connectivity index (χ1) is 9.38. The molecule has 1 amide bonds. The minimum Gasteiger partial charge on any atom is -0.478 e. The summed E-state index contributed by atoms with van der Waals surface area (Å²) in [6.45, 7) is 0. The molecule has 1 aliphatic carbocycles. The zero-order valence-electron chi connectivity index (χ0n) is 10.3. The zero-order chi connectivity index (χ0) is 14.9. The number of carboxylic acid groups (broad SMARTS) is 1. The van der Waals surface area contributed by atoms with Crippen LogP contribution in [0.3, 0.4) is 0 Å². The maximum absolute atomic E-state index is 13.2. The number of carbonyl (C=O) groups excluding carboxylic acids is 1. The number of nitrogens with two attached hydrogens (primary N) is 1. The minimum atomic E-state index is -1.46. The Bertz CT molecular complexity index is 602. The number of hydrogen-bond acceptors (Lipinski definition) is 3. The Labute approximate surface area is 113 Å². The van der Waals surface area contributed by atoms with Crippen molar-refractivity contribution in [2.45, 2.75) is 12.5 Å². The van der Waals surface area contributed by atoms with Gasteiger partial charge in [0.1, 0.15) is 0 Å². The molecule has 2 atom stereocenters. The van der Waals surface area contributed by atoms with Gasteiger partial charge in [0.2, 0.25) is 5.91 Å². The third kappa shape index (κ3) is 2.83. The van der Waals surface area contributed by atoms with Gasteiger partial charge in [-0.2, -0.15) is 0 Å². The van der Waals surface area contributed by atoms with Crippen molar-refractivity contribution in [3.63, 3.8) is 0 Å². The van der Waals surface area contributed by atoms with Crippen molar-refractivity contribution in [3.05, 3.63) is 41.5 Å². The summed E-state index contributed by atoms with van der Waals surface area (Å²) in [5, 5.41) is 11.2. The molecule has 0 bridgehead atoms. The van der Waals surface area contributed by atoms with Gasteiger partial charge in [0.05, 0.1) is 17.2 Å². The van der Waals surface area contributed by atoms with Crippen molar-refractivity contribution in [3.8, 4) is 0 Å². The predicted octanol–water partition coefficient (Wildman–Crippen LogP) is 1.50. The fourth-order valence-electron chi connectivity index (χ4n) is 1.97. The lowest BCUT2D eigenvalue weighted by Crippen LogP contribution is -2.25. The summed E-state index contributed by atoms with van der Waals surface area (Å²) in [5.41, 5.74) is 4.82. The molecule has 0 spiro atoms. The number of rotatable bonds is 3. The van der Waals surface area contributed by atoms with Crippen LogP contribution in [0.25, 0.3) is 0 Å². The van der Waals surface area contributed by atoms with E-state index in [2.05, 4.69) is 5.32 Å². The monoisotopic (exact) mass is 282 g/mol. The van der Waals surface area contributed by atoms with Gasteiger partial charge in [-0.1, -0.05) is 12.2 Å². The molecule has 5 nitrogen and oxygen atoms in total. The first-order valence-electron chi connectivity index (χ1n) is 5.85. The van der Waals surface area contributed by atoms with Crippen LogP contribution < -0.4 is 11.1 Å². The number of benzene rings is 1. The molecular weight excluding hydrogens is 270 g/mol. The van der Waals surface area contributed by atoms with Crippen molar-refractivity contribution in [1.29, 1.82) is 0 Å². The van der Waals surface area contributed by atoms with Crippen LogP contribution in [0.15, 0.2) is 24.3 Å². The van der Waals surface area contributed by atoms with Crippen LogP contribution in [-0.4, -0.2) is 23.0 Å². The highest BCUT2D eigenvalue weighted by Crippen LogP contribution is 2.23. The van der Waals surface area contributed by atoms with Gasteiger partial charge < -0.3 is 16.2 Å². The Balaban J connectivity index is 2.24. The number of hydrogen-bond donors (Lipinski definition) is 3. The maximum atomic E-state index is 13.2. The van der Waals surface area contributed by atoms with Crippen LogP contribution in [0.2, 0.25) is 0 Å². The van der Waals surface area contributed by atoms with Crippen molar-refractivity contribution in [2.75, 3.05) is 5.32 Å². The van der Waals surface area contributed by atoms with Gasteiger partial charge in [-0.05, 0) is 12.5 Å². The lowest BCUT2D eigenvalue weighted by molar-refractivity contribution is -0.118. The van der Waals surface area contributed by atoms with Gasteiger partial charge in [0.15, 0.2) is 11.6 Å². The van der Waals surface area contributed by atoms with Crippen molar-refractivity contribution < 1.29 is 23.5 Å². The van der Waals surface area contributed by atoms with E-state index in [4.69, 9.17) is 10.8 Å². The summed E-state index contributed by atoms with van der Waals surface area (Å²) in [5.74, 6) is -5.01. The molecule has 0 fully saturated rings. The molecule has 7 heteroatoms. The lowest BCUT2D eigenvalue weighted by Gasteiger charge is -2.12. The topological polar surface area (TPSA) is 92.4 Å². The molecule has 106 valence electrons. The normalized spacial score (nSPS) is 20.9. The molecular formula is C13H12F2N2O3.